The third-order valence-corrected chi connectivity index (χ3v) is 6.89. The summed E-state index contributed by atoms with van der Waals surface area (Å²) in [6, 6.07) is 1.41. The van der Waals surface area contributed by atoms with Crippen molar-refractivity contribution in [3.05, 3.63) is 16.5 Å². The van der Waals surface area contributed by atoms with Crippen LogP contribution >= 0.6 is 27.5 Å². The molecule has 2 heterocycles. The average Bonchev–Trinajstić information content (AvgIpc) is 2.72. The second kappa shape index (κ2) is 5.62. The van der Waals surface area contributed by atoms with E-state index in [-0.39, 0.29) is 28.5 Å². The monoisotopic (exact) mass is 375 g/mol. The van der Waals surface area contributed by atoms with Gasteiger partial charge in [-0.25, -0.2) is 8.42 Å². The maximum absolute atomic E-state index is 12.3. The molecule has 0 unspecified atom stereocenters. The normalized spacial score (nSPS) is 19.2. The molecule has 18 heavy (non-hydrogen) atoms. The van der Waals surface area contributed by atoms with E-state index in [1.807, 2.05) is 0 Å². The fourth-order valence-corrected chi connectivity index (χ4v) is 5.46. The average molecular weight is 377 g/mol. The summed E-state index contributed by atoms with van der Waals surface area (Å²) in [6.45, 7) is 0.533. The quantitative estimate of drug-likeness (QED) is 0.750. The second-order valence-corrected chi connectivity index (χ2v) is 8.33. The number of nitrogens with zero attached hydrogens (tertiary/aromatic N) is 1. The van der Waals surface area contributed by atoms with E-state index in [1.54, 1.807) is 0 Å². The fraction of sp³-hybridized carbons (Fsp3) is 0.556. The molecule has 0 atom stereocenters. The van der Waals surface area contributed by atoms with Crippen molar-refractivity contribution in [2.45, 2.75) is 10.8 Å². The van der Waals surface area contributed by atoms with Crippen LogP contribution in [0.4, 0.5) is 0 Å². The van der Waals surface area contributed by atoms with Crippen molar-refractivity contribution in [3.63, 3.8) is 0 Å². The largest absolute Gasteiger partial charge is 0.452 e. The number of alkyl halides is 1. The van der Waals surface area contributed by atoms with Gasteiger partial charge in [-0.1, -0.05) is 0 Å². The molecule has 1 aromatic heterocycles. The zero-order valence-corrected chi connectivity index (χ0v) is 13.2. The molecule has 0 saturated carbocycles. The van der Waals surface area contributed by atoms with E-state index >= 15 is 0 Å². The van der Waals surface area contributed by atoms with Crippen molar-refractivity contribution in [1.82, 2.24) is 4.31 Å². The van der Waals surface area contributed by atoms with Crippen molar-refractivity contribution >= 4 is 48.4 Å². The lowest BCUT2D eigenvalue weighted by Crippen LogP contribution is -2.41. The van der Waals surface area contributed by atoms with Crippen LogP contribution in [0.1, 0.15) is 5.76 Å². The highest BCUT2D eigenvalue weighted by Crippen LogP contribution is 2.29. The van der Waals surface area contributed by atoms with Crippen molar-refractivity contribution in [3.8, 4) is 0 Å². The molecule has 1 saturated heterocycles. The molecule has 0 aliphatic carbocycles. The first-order valence-corrected chi connectivity index (χ1v) is 9.40. The number of rotatable bonds is 3. The maximum atomic E-state index is 12.3. The standard InChI is InChI=1S/C9H11BrClNO4S2/c10-9-8(5-7(6-11)16-9)18(14,15)12-1-3-17(13)4-2-12/h5H,1-4,6H2. The van der Waals surface area contributed by atoms with Crippen LogP contribution < -0.4 is 0 Å². The van der Waals surface area contributed by atoms with Crippen LogP contribution in [0, 0.1) is 0 Å². The zero-order chi connectivity index (χ0) is 13.3. The Morgan fingerprint density at radius 1 is 1.44 bits per heavy atom. The van der Waals surface area contributed by atoms with Crippen LogP contribution in [0.25, 0.3) is 0 Å². The van der Waals surface area contributed by atoms with Gasteiger partial charge < -0.3 is 4.42 Å². The molecular weight excluding hydrogens is 366 g/mol. The van der Waals surface area contributed by atoms with Crippen molar-refractivity contribution < 1.29 is 17.0 Å². The summed E-state index contributed by atoms with van der Waals surface area (Å²) in [7, 11) is -4.52. The lowest BCUT2D eigenvalue weighted by atomic mass is 10.5. The lowest BCUT2D eigenvalue weighted by molar-refractivity contribution is 0.435. The molecule has 0 bridgehead atoms. The van der Waals surface area contributed by atoms with Crippen LogP contribution in [0.15, 0.2) is 20.0 Å². The minimum Gasteiger partial charge on any atom is -0.452 e. The molecule has 102 valence electrons. The van der Waals surface area contributed by atoms with E-state index in [0.717, 1.165) is 0 Å². The highest BCUT2D eigenvalue weighted by atomic mass is 79.9. The summed E-state index contributed by atoms with van der Waals surface area (Å²) >= 11 is 8.69. The molecule has 9 heteroatoms. The number of sulfonamides is 1. The highest BCUT2D eigenvalue weighted by Gasteiger charge is 2.31. The van der Waals surface area contributed by atoms with Gasteiger partial charge in [0.1, 0.15) is 10.7 Å². The molecule has 0 aromatic carbocycles. The molecule has 1 aromatic rings. The summed E-state index contributed by atoms with van der Waals surface area (Å²) < 4.78 is 42.6. The van der Waals surface area contributed by atoms with Crippen molar-refractivity contribution in [1.29, 1.82) is 0 Å². The molecule has 1 aliphatic rings. The van der Waals surface area contributed by atoms with E-state index in [1.165, 1.54) is 10.4 Å². The molecular formula is C9H11BrClNO4S2. The van der Waals surface area contributed by atoms with Gasteiger partial charge in [-0.2, -0.15) is 4.31 Å². The smallest absolute Gasteiger partial charge is 0.247 e. The molecule has 0 radical (unpaired) electrons. The second-order valence-electron chi connectivity index (χ2n) is 3.74. The predicted octanol–water partition coefficient (Wildman–Crippen LogP) is 1.53. The van der Waals surface area contributed by atoms with Crippen molar-refractivity contribution in [2.75, 3.05) is 24.6 Å². The van der Waals surface area contributed by atoms with E-state index < -0.39 is 20.8 Å². The van der Waals surface area contributed by atoms with Gasteiger partial charge in [0.15, 0.2) is 4.67 Å². The first kappa shape index (κ1) is 14.5. The maximum Gasteiger partial charge on any atom is 0.247 e. The Balaban J connectivity index is 2.30. The fourth-order valence-electron chi connectivity index (χ4n) is 1.64. The Hall–Kier alpha value is 0.110. The van der Waals surface area contributed by atoms with Gasteiger partial charge in [0, 0.05) is 41.5 Å². The van der Waals surface area contributed by atoms with Gasteiger partial charge in [-0.3, -0.25) is 4.21 Å². The Labute approximate surface area is 121 Å². The third-order valence-electron chi connectivity index (χ3n) is 2.59. The molecule has 2 rings (SSSR count). The van der Waals surface area contributed by atoms with E-state index in [9.17, 15) is 12.6 Å². The molecule has 1 fully saturated rings. The summed E-state index contributed by atoms with van der Waals surface area (Å²) in [5.74, 6) is 1.24. The van der Waals surface area contributed by atoms with E-state index in [0.29, 0.717) is 17.3 Å². The van der Waals surface area contributed by atoms with Gasteiger partial charge in [0.25, 0.3) is 0 Å². The molecule has 0 spiro atoms. The summed E-state index contributed by atoms with van der Waals surface area (Å²) in [4.78, 5) is 0.0748. The summed E-state index contributed by atoms with van der Waals surface area (Å²) in [5, 5.41) is 0. The summed E-state index contributed by atoms with van der Waals surface area (Å²) in [6.07, 6.45) is 0. The molecule has 0 amide bonds. The van der Waals surface area contributed by atoms with Gasteiger partial charge in [0.2, 0.25) is 10.0 Å². The van der Waals surface area contributed by atoms with E-state index in [4.69, 9.17) is 16.0 Å². The Morgan fingerprint density at radius 2 is 2.06 bits per heavy atom. The molecule has 0 N–H and O–H groups in total. The van der Waals surface area contributed by atoms with Crippen LogP contribution in [-0.2, 0) is 26.7 Å². The number of halogens is 2. The number of hydrogen-bond acceptors (Lipinski definition) is 4. The Kier molecular flexibility index (Phi) is 4.53. The molecule has 5 nitrogen and oxygen atoms in total. The topological polar surface area (TPSA) is 67.6 Å². The minimum absolute atomic E-state index is 0.0748. The van der Waals surface area contributed by atoms with Gasteiger partial charge in [-0.05, 0) is 15.9 Å². The lowest BCUT2D eigenvalue weighted by Gasteiger charge is -2.24. The first-order chi connectivity index (χ1) is 8.45. The SMILES string of the molecule is O=S1CCN(S(=O)(=O)c2cc(CCl)oc2Br)CC1. The summed E-state index contributed by atoms with van der Waals surface area (Å²) in [5.41, 5.74) is 0. The van der Waals surface area contributed by atoms with Crippen LogP contribution in [0.2, 0.25) is 0 Å². The molecule has 1 aliphatic heterocycles. The Morgan fingerprint density at radius 3 is 2.56 bits per heavy atom. The predicted molar refractivity (Wildman–Crippen MR) is 72.6 cm³/mol. The first-order valence-electron chi connectivity index (χ1n) is 5.14. The minimum atomic E-state index is -3.61. The van der Waals surface area contributed by atoms with Crippen molar-refractivity contribution in [2.24, 2.45) is 0 Å². The van der Waals surface area contributed by atoms with Crippen LogP contribution in [0.3, 0.4) is 0 Å². The van der Waals surface area contributed by atoms with Crippen LogP contribution in [-0.4, -0.2) is 41.5 Å². The number of furan rings is 1. The third kappa shape index (κ3) is 2.82. The zero-order valence-electron chi connectivity index (χ0n) is 9.27. The van der Waals surface area contributed by atoms with Gasteiger partial charge in [-0.15, -0.1) is 11.6 Å². The van der Waals surface area contributed by atoms with E-state index in [2.05, 4.69) is 15.9 Å². The van der Waals surface area contributed by atoms with Gasteiger partial charge in [0.05, 0.1) is 5.88 Å². The number of hydrogen-bond donors (Lipinski definition) is 0. The highest BCUT2D eigenvalue weighted by molar-refractivity contribution is 9.10. The van der Waals surface area contributed by atoms with Gasteiger partial charge >= 0.3 is 0 Å². The van der Waals surface area contributed by atoms with Crippen LogP contribution in [0.5, 0.6) is 0 Å². The Bertz CT molecular complexity index is 561.